The van der Waals surface area contributed by atoms with E-state index in [1.165, 1.54) is 0 Å². The second-order valence-electron chi connectivity index (χ2n) is 9.27. The van der Waals surface area contributed by atoms with Crippen LogP contribution in [0.15, 0.2) is 91.1 Å². The smallest absolute Gasteiger partial charge is 0.322 e. The molecule has 1 aromatic heterocycles. The van der Waals surface area contributed by atoms with Crippen molar-refractivity contribution in [1.29, 1.82) is 0 Å². The van der Waals surface area contributed by atoms with Crippen LogP contribution < -0.4 is 5.32 Å². The summed E-state index contributed by atoms with van der Waals surface area (Å²) in [4.78, 5) is 30.6. The van der Waals surface area contributed by atoms with Crippen molar-refractivity contribution in [2.24, 2.45) is 7.05 Å². The Bertz CT molecular complexity index is 1330. The number of nitrogens with one attached hydrogen (secondary N) is 1. The minimum Gasteiger partial charge on any atom is -0.382 e. The third-order valence-corrected chi connectivity index (χ3v) is 6.54. The van der Waals surface area contributed by atoms with E-state index >= 15 is 0 Å². The second-order valence-corrected chi connectivity index (χ2v) is 9.27. The summed E-state index contributed by atoms with van der Waals surface area (Å²) in [7, 11) is 1.97. The summed E-state index contributed by atoms with van der Waals surface area (Å²) in [5, 5.41) is 5.05. The van der Waals surface area contributed by atoms with Crippen LogP contribution in [0.4, 0.5) is 10.5 Å². The van der Waals surface area contributed by atoms with E-state index in [0.717, 1.165) is 27.7 Å². The fraction of sp³-hybridized carbons (Fsp3) is 0.290. The number of benzene rings is 3. The summed E-state index contributed by atoms with van der Waals surface area (Å²) < 4.78 is 7.51. The van der Waals surface area contributed by atoms with E-state index in [4.69, 9.17) is 4.74 Å². The highest BCUT2D eigenvalue weighted by Gasteiger charge is 2.23. The Morgan fingerprint density at radius 3 is 2.39 bits per heavy atom. The number of carbonyl (C=O) groups is 2. The third-order valence-electron chi connectivity index (χ3n) is 6.54. The molecule has 0 bridgehead atoms. The molecule has 7 heteroatoms. The minimum atomic E-state index is -0.301. The fourth-order valence-corrected chi connectivity index (χ4v) is 4.44. The van der Waals surface area contributed by atoms with Crippen LogP contribution in [0.3, 0.4) is 0 Å². The van der Waals surface area contributed by atoms with Gasteiger partial charge in [-0.05, 0) is 42.5 Å². The summed E-state index contributed by atoms with van der Waals surface area (Å²) >= 11 is 0. The van der Waals surface area contributed by atoms with Crippen molar-refractivity contribution in [1.82, 2.24) is 14.4 Å². The van der Waals surface area contributed by atoms with E-state index < -0.39 is 0 Å². The van der Waals surface area contributed by atoms with Gasteiger partial charge in [-0.1, -0.05) is 66.7 Å². The lowest BCUT2D eigenvalue weighted by molar-refractivity contribution is -0.133. The Labute approximate surface area is 224 Å². The van der Waals surface area contributed by atoms with Crippen molar-refractivity contribution >= 4 is 28.4 Å². The number of aromatic nitrogens is 1. The summed E-state index contributed by atoms with van der Waals surface area (Å²) in [6.45, 7) is 4.38. The number of anilines is 1. The standard InChI is InChI=1S/C31H36N4O3/c1-3-38-21-11-20-34(31(37)32-29-18-9-15-26-14-7-8-17-28(26)29)24-30(36)35(22-25-12-5-4-6-13-25)23-27-16-10-19-33(27)2/h4-10,12-19H,3,11,20-24H2,1-2H3,(H,32,37). The van der Waals surface area contributed by atoms with E-state index in [1.54, 1.807) is 4.90 Å². The van der Waals surface area contributed by atoms with Gasteiger partial charge < -0.3 is 24.4 Å². The Kier molecular flexibility index (Phi) is 9.54. The number of hydrogen-bond acceptors (Lipinski definition) is 3. The van der Waals surface area contributed by atoms with Gasteiger partial charge in [0.1, 0.15) is 6.54 Å². The molecule has 0 aliphatic rings. The van der Waals surface area contributed by atoms with Gasteiger partial charge in [0, 0.05) is 50.6 Å². The van der Waals surface area contributed by atoms with Gasteiger partial charge in [0.2, 0.25) is 5.91 Å². The molecule has 0 unspecified atom stereocenters. The van der Waals surface area contributed by atoms with Crippen LogP contribution in [0, 0.1) is 0 Å². The lowest BCUT2D eigenvalue weighted by Gasteiger charge is -2.28. The van der Waals surface area contributed by atoms with Crippen LogP contribution >= 0.6 is 0 Å². The van der Waals surface area contributed by atoms with Crippen LogP contribution in [-0.4, -0.2) is 52.6 Å². The number of ether oxygens (including phenoxy) is 1. The Morgan fingerprint density at radius 2 is 1.63 bits per heavy atom. The van der Waals surface area contributed by atoms with Crippen molar-refractivity contribution in [3.63, 3.8) is 0 Å². The van der Waals surface area contributed by atoms with E-state index in [-0.39, 0.29) is 18.5 Å². The Hall–Kier alpha value is -4.10. The molecule has 198 valence electrons. The average molecular weight is 513 g/mol. The first-order valence-corrected chi connectivity index (χ1v) is 13.1. The molecule has 0 radical (unpaired) electrons. The van der Waals surface area contributed by atoms with Gasteiger partial charge in [-0.3, -0.25) is 4.79 Å². The third kappa shape index (κ3) is 7.23. The molecule has 3 amide bonds. The normalized spacial score (nSPS) is 10.9. The number of amides is 3. The molecule has 0 fully saturated rings. The quantitative estimate of drug-likeness (QED) is 0.249. The zero-order chi connectivity index (χ0) is 26.7. The van der Waals surface area contributed by atoms with Gasteiger partial charge in [-0.15, -0.1) is 0 Å². The van der Waals surface area contributed by atoms with E-state index in [9.17, 15) is 9.59 Å². The molecule has 0 spiro atoms. The van der Waals surface area contributed by atoms with E-state index in [1.807, 2.05) is 115 Å². The number of fused-ring (bicyclic) bond motifs is 1. The van der Waals surface area contributed by atoms with Gasteiger partial charge in [-0.25, -0.2) is 4.79 Å². The number of rotatable bonds is 12. The van der Waals surface area contributed by atoms with Gasteiger partial charge in [0.15, 0.2) is 0 Å². The summed E-state index contributed by atoms with van der Waals surface area (Å²) in [5.74, 6) is -0.112. The summed E-state index contributed by atoms with van der Waals surface area (Å²) in [6.07, 6.45) is 2.61. The Balaban J connectivity index is 1.53. The zero-order valence-electron chi connectivity index (χ0n) is 22.2. The molecule has 1 heterocycles. The maximum absolute atomic E-state index is 13.7. The first-order valence-electron chi connectivity index (χ1n) is 13.1. The van der Waals surface area contributed by atoms with Gasteiger partial charge in [-0.2, -0.15) is 0 Å². The zero-order valence-corrected chi connectivity index (χ0v) is 22.2. The van der Waals surface area contributed by atoms with Gasteiger partial charge in [0.25, 0.3) is 0 Å². The van der Waals surface area contributed by atoms with Crippen molar-refractivity contribution in [3.8, 4) is 0 Å². The van der Waals surface area contributed by atoms with E-state index in [2.05, 4.69) is 5.32 Å². The first kappa shape index (κ1) is 26.9. The predicted octanol–water partition coefficient (Wildman–Crippen LogP) is 5.67. The van der Waals surface area contributed by atoms with Crippen LogP contribution in [0.5, 0.6) is 0 Å². The molecule has 38 heavy (non-hydrogen) atoms. The molecular weight excluding hydrogens is 476 g/mol. The maximum Gasteiger partial charge on any atom is 0.322 e. The van der Waals surface area contributed by atoms with Gasteiger partial charge in [0.05, 0.1) is 12.2 Å². The topological polar surface area (TPSA) is 66.8 Å². The lowest BCUT2D eigenvalue weighted by Crippen LogP contribution is -2.44. The summed E-state index contributed by atoms with van der Waals surface area (Å²) in [6, 6.07) is 27.4. The van der Waals surface area contributed by atoms with E-state index in [0.29, 0.717) is 39.3 Å². The molecule has 0 aliphatic heterocycles. The Morgan fingerprint density at radius 1 is 0.868 bits per heavy atom. The largest absolute Gasteiger partial charge is 0.382 e. The summed E-state index contributed by atoms with van der Waals surface area (Å²) in [5.41, 5.74) is 2.79. The van der Waals surface area contributed by atoms with Crippen molar-refractivity contribution < 1.29 is 14.3 Å². The maximum atomic E-state index is 13.7. The number of nitrogens with zero attached hydrogens (tertiary/aromatic N) is 3. The highest BCUT2D eigenvalue weighted by atomic mass is 16.5. The molecule has 3 aromatic carbocycles. The SMILES string of the molecule is CCOCCCN(CC(=O)N(Cc1ccccc1)Cc1cccn1C)C(=O)Nc1cccc2ccccc12. The minimum absolute atomic E-state index is 0.0278. The monoisotopic (exact) mass is 512 g/mol. The highest BCUT2D eigenvalue weighted by Crippen LogP contribution is 2.23. The average Bonchev–Trinajstić information content (AvgIpc) is 3.34. The molecule has 4 aromatic rings. The number of urea groups is 1. The molecular formula is C31H36N4O3. The van der Waals surface area contributed by atoms with Crippen LogP contribution in [0.25, 0.3) is 10.8 Å². The number of aryl methyl sites for hydroxylation is 1. The second kappa shape index (κ2) is 13.4. The van der Waals surface area contributed by atoms with Crippen LogP contribution in [-0.2, 0) is 29.7 Å². The molecule has 7 nitrogen and oxygen atoms in total. The first-order chi connectivity index (χ1) is 18.5. The van der Waals surface area contributed by atoms with Crippen LogP contribution in [0.2, 0.25) is 0 Å². The lowest BCUT2D eigenvalue weighted by atomic mass is 10.1. The van der Waals surface area contributed by atoms with Gasteiger partial charge >= 0.3 is 6.03 Å². The molecule has 0 aliphatic carbocycles. The van der Waals surface area contributed by atoms with Crippen molar-refractivity contribution in [2.45, 2.75) is 26.4 Å². The molecule has 0 atom stereocenters. The molecule has 1 N–H and O–H groups in total. The fourth-order valence-electron chi connectivity index (χ4n) is 4.44. The molecule has 0 saturated carbocycles. The van der Waals surface area contributed by atoms with Crippen LogP contribution in [0.1, 0.15) is 24.6 Å². The van der Waals surface area contributed by atoms with Crippen molar-refractivity contribution in [2.75, 3.05) is 31.6 Å². The molecule has 0 saturated heterocycles. The predicted molar refractivity (Wildman–Crippen MR) is 152 cm³/mol. The molecule has 4 rings (SSSR count). The van der Waals surface area contributed by atoms with Crippen molar-refractivity contribution in [3.05, 3.63) is 102 Å². The highest BCUT2D eigenvalue weighted by molar-refractivity contribution is 6.02. The number of carbonyl (C=O) groups excluding carboxylic acids is 2. The number of hydrogen-bond donors (Lipinski definition) is 1.